The maximum absolute atomic E-state index is 13.8. The van der Waals surface area contributed by atoms with Crippen molar-refractivity contribution in [3.8, 4) is 6.07 Å². The first-order valence-electron chi connectivity index (χ1n) is 6.02. The number of anilines is 1. The summed E-state index contributed by atoms with van der Waals surface area (Å²) in [6, 6.07) is 4.05. The van der Waals surface area contributed by atoms with Crippen molar-refractivity contribution in [2.45, 2.75) is 26.8 Å². The fourth-order valence-corrected chi connectivity index (χ4v) is 2.92. The van der Waals surface area contributed by atoms with Crippen LogP contribution in [0.15, 0.2) is 12.1 Å². The van der Waals surface area contributed by atoms with Crippen LogP contribution in [0.3, 0.4) is 0 Å². The zero-order valence-corrected chi connectivity index (χ0v) is 12.1. The van der Waals surface area contributed by atoms with Gasteiger partial charge in [-0.2, -0.15) is 5.26 Å². The van der Waals surface area contributed by atoms with E-state index in [-0.39, 0.29) is 17.3 Å². The minimum absolute atomic E-state index is 0.0412. The second-order valence-corrected chi connectivity index (χ2v) is 5.68. The predicted octanol–water partition coefficient (Wildman–Crippen LogP) is 4.08. The number of nitrogens with zero attached hydrogens (tertiary/aromatic N) is 2. The molecule has 0 aliphatic heterocycles. The SMILES string of the molecule is Cc1nc(C)c(C(C)Nc2ccc(C#N)c(F)c2F)s1. The first kappa shape index (κ1) is 14.4. The van der Waals surface area contributed by atoms with Gasteiger partial charge in [0.1, 0.15) is 6.07 Å². The number of aromatic nitrogens is 1. The first-order valence-corrected chi connectivity index (χ1v) is 6.84. The van der Waals surface area contributed by atoms with E-state index in [0.717, 1.165) is 15.6 Å². The van der Waals surface area contributed by atoms with Gasteiger partial charge in [-0.15, -0.1) is 11.3 Å². The van der Waals surface area contributed by atoms with Crippen LogP contribution in [0.5, 0.6) is 0 Å². The van der Waals surface area contributed by atoms with Gasteiger partial charge in [0.25, 0.3) is 0 Å². The maximum atomic E-state index is 13.8. The van der Waals surface area contributed by atoms with Crippen LogP contribution in [0, 0.1) is 36.8 Å². The highest BCUT2D eigenvalue weighted by Crippen LogP contribution is 2.29. The van der Waals surface area contributed by atoms with Crippen molar-refractivity contribution in [3.05, 3.63) is 44.9 Å². The lowest BCUT2D eigenvalue weighted by atomic mass is 10.1. The minimum atomic E-state index is -1.12. The molecule has 6 heteroatoms. The highest BCUT2D eigenvalue weighted by Gasteiger charge is 2.17. The summed E-state index contributed by atoms with van der Waals surface area (Å²) < 4.78 is 27.4. The van der Waals surface area contributed by atoms with Crippen LogP contribution >= 0.6 is 11.3 Å². The summed E-state index contributed by atoms with van der Waals surface area (Å²) in [5.41, 5.74) is 0.618. The second-order valence-electron chi connectivity index (χ2n) is 4.45. The van der Waals surface area contributed by atoms with Crippen LogP contribution in [0.1, 0.15) is 34.1 Å². The third-order valence-electron chi connectivity index (χ3n) is 2.91. The molecule has 20 heavy (non-hydrogen) atoms. The average Bonchev–Trinajstić information content (AvgIpc) is 2.74. The zero-order chi connectivity index (χ0) is 14.9. The molecule has 104 valence electrons. The number of aryl methyl sites for hydroxylation is 2. The lowest BCUT2D eigenvalue weighted by Crippen LogP contribution is -2.09. The van der Waals surface area contributed by atoms with Crippen molar-refractivity contribution in [2.24, 2.45) is 0 Å². The molecule has 1 N–H and O–H groups in total. The van der Waals surface area contributed by atoms with E-state index in [2.05, 4.69) is 10.3 Å². The number of hydrogen-bond acceptors (Lipinski definition) is 4. The van der Waals surface area contributed by atoms with Crippen LogP contribution in [0.2, 0.25) is 0 Å². The molecule has 1 aromatic heterocycles. The van der Waals surface area contributed by atoms with Gasteiger partial charge in [0.15, 0.2) is 11.6 Å². The van der Waals surface area contributed by atoms with E-state index in [1.165, 1.54) is 23.5 Å². The summed E-state index contributed by atoms with van der Waals surface area (Å²) in [5.74, 6) is -2.16. The van der Waals surface area contributed by atoms with E-state index >= 15 is 0 Å². The molecule has 1 unspecified atom stereocenters. The van der Waals surface area contributed by atoms with Crippen LogP contribution in [-0.4, -0.2) is 4.98 Å². The molecule has 0 saturated carbocycles. The highest BCUT2D eigenvalue weighted by atomic mass is 32.1. The Bertz CT molecular complexity index is 688. The first-order chi connectivity index (χ1) is 9.43. The summed E-state index contributed by atoms with van der Waals surface area (Å²) in [5, 5.41) is 12.5. The third kappa shape index (κ3) is 2.63. The Morgan fingerprint density at radius 1 is 1.30 bits per heavy atom. The van der Waals surface area contributed by atoms with Gasteiger partial charge in [0, 0.05) is 4.88 Å². The zero-order valence-electron chi connectivity index (χ0n) is 11.3. The van der Waals surface area contributed by atoms with Gasteiger partial charge in [-0.25, -0.2) is 13.8 Å². The molecule has 0 spiro atoms. The standard InChI is InChI=1S/C14H13F2N3S/c1-7-14(20-9(3)18-7)8(2)19-11-5-4-10(6-17)12(15)13(11)16/h4-5,8,19H,1-3H3. The van der Waals surface area contributed by atoms with Crippen molar-refractivity contribution in [2.75, 3.05) is 5.32 Å². The molecular weight excluding hydrogens is 280 g/mol. The Hall–Kier alpha value is -2.00. The fraction of sp³-hybridized carbons (Fsp3) is 0.286. The number of thiazole rings is 1. The number of hydrogen-bond donors (Lipinski definition) is 1. The molecule has 0 amide bonds. The molecule has 1 heterocycles. The molecule has 2 aromatic rings. The van der Waals surface area contributed by atoms with Gasteiger partial charge in [0.05, 0.1) is 28.0 Å². The van der Waals surface area contributed by atoms with E-state index in [9.17, 15) is 8.78 Å². The van der Waals surface area contributed by atoms with Gasteiger partial charge in [-0.05, 0) is 32.9 Å². The van der Waals surface area contributed by atoms with Crippen molar-refractivity contribution in [1.82, 2.24) is 4.98 Å². The predicted molar refractivity (Wildman–Crippen MR) is 74.7 cm³/mol. The topological polar surface area (TPSA) is 48.7 Å². The quantitative estimate of drug-likeness (QED) is 0.927. The molecule has 3 nitrogen and oxygen atoms in total. The molecule has 0 fully saturated rings. The number of nitriles is 1. The van der Waals surface area contributed by atoms with Crippen molar-refractivity contribution in [3.63, 3.8) is 0 Å². The lowest BCUT2D eigenvalue weighted by molar-refractivity contribution is 0.508. The molecule has 1 atom stereocenters. The summed E-state index contributed by atoms with van der Waals surface area (Å²) in [6.45, 7) is 5.64. The summed E-state index contributed by atoms with van der Waals surface area (Å²) >= 11 is 1.52. The highest BCUT2D eigenvalue weighted by molar-refractivity contribution is 7.11. The van der Waals surface area contributed by atoms with Gasteiger partial charge >= 0.3 is 0 Å². The van der Waals surface area contributed by atoms with Gasteiger partial charge in [-0.3, -0.25) is 0 Å². The smallest absolute Gasteiger partial charge is 0.183 e. The number of rotatable bonds is 3. The molecule has 1 aromatic carbocycles. The van der Waals surface area contributed by atoms with E-state index in [0.29, 0.717) is 0 Å². The van der Waals surface area contributed by atoms with E-state index in [1.807, 2.05) is 20.8 Å². The Morgan fingerprint density at radius 2 is 2.00 bits per heavy atom. The van der Waals surface area contributed by atoms with Crippen LogP contribution in [0.4, 0.5) is 14.5 Å². The monoisotopic (exact) mass is 293 g/mol. The number of nitrogens with one attached hydrogen (secondary N) is 1. The van der Waals surface area contributed by atoms with Gasteiger partial charge in [-0.1, -0.05) is 0 Å². The Labute approximate surface area is 119 Å². The van der Waals surface area contributed by atoms with E-state index in [4.69, 9.17) is 5.26 Å². The van der Waals surface area contributed by atoms with Crippen LogP contribution in [0.25, 0.3) is 0 Å². The Kier molecular flexibility index (Phi) is 4.00. The second kappa shape index (κ2) is 5.55. The number of halogens is 2. The summed E-state index contributed by atoms with van der Waals surface area (Å²) in [4.78, 5) is 5.29. The third-order valence-corrected chi connectivity index (χ3v) is 4.16. The summed E-state index contributed by atoms with van der Waals surface area (Å²) in [6.07, 6.45) is 0. The van der Waals surface area contributed by atoms with E-state index in [1.54, 1.807) is 6.07 Å². The Morgan fingerprint density at radius 3 is 2.55 bits per heavy atom. The molecular formula is C14H13F2N3S. The van der Waals surface area contributed by atoms with Gasteiger partial charge in [0.2, 0.25) is 0 Å². The Balaban J connectivity index is 2.29. The normalized spacial score (nSPS) is 12.0. The van der Waals surface area contributed by atoms with Crippen molar-refractivity contribution < 1.29 is 8.78 Å². The molecule has 0 saturated heterocycles. The molecule has 0 aliphatic rings. The average molecular weight is 293 g/mol. The fourth-order valence-electron chi connectivity index (χ4n) is 1.99. The number of benzene rings is 1. The molecule has 0 bridgehead atoms. The maximum Gasteiger partial charge on any atom is 0.183 e. The van der Waals surface area contributed by atoms with Crippen LogP contribution < -0.4 is 5.32 Å². The summed E-state index contributed by atoms with van der Waals surface area (Å²) in [7, 11) is 0. The largest absolute Gasteiger partial charge is 0.375 e. The van der Waals surface area contributed by atoms with E-state index < -0.39 is 11.6 Å². The molecule has 2 rings (SSSR count). The van der Waals surface area contributed by atoms with Crippen LogP contribution in [-0.2, 0) is 0 Å². The van der Waals surface area contributed by atoms with Crippen molar-refractivity contribution >= 4 is 17.0 Å². The molecule has 0 radical (unpaired) electrons. The minimum Gasteiger partial charge on any atom is -0.375 e. The van der Waals surface area contributed by atoms with Crippen molar-refractivity contribution in [1.29, 1.82) is 5.26 Å². The molecule has 0 aliphatic carbocycles. The lowest BCUT2D eigenvalue weighted by Gasteiger charge is -2.15. The van der Waals surface area contributed by atoms with Gasteiger partial charge < -0.3 is 5.32 Å².